The molecule has 0 fully saturated rings. The lowest BCUT2D eigenvalue weighted by atomic mass is 10.1. The lowest BCUT2D eigenvalue weighted by Crippen LogP contribution is -2.10. The molecule has 0 spiro atoms. The highest BCUT2D eigenvalue weighted by atomic mass is 79.9. The molecule has 0 amide bonds. The average Bonchev–Trinajstić information content (AvgIpc) is 2.91. The summed E-state index contributed by atoms with van der Waals surface area (Å²) in [5, 5.41) is 1.04. The van der Waals surface area contributed by atoms with Crippen LogP contribution in [0.25, 0.3) is 11.0 Å². The van der Waals surface area contributed by atoms with Crippen LogP contribution in [0.1, 0.15) is 28.9 Å². The largest absolute Gasteiger partial charge is 0.466 e. The highest BCUT2D eigenvalue weighted by molar-refractivity contribution is 9.10. The maximum Gasteiger partial charge on any atom is 0.134 e. The van der Waals surface area contributed by atoms with Gasteiger partial charge in [-0.1, -0.05) is 15.9 Å². The summed E-state index contributed by atoms with van der Waals surface area (Å²) >= 11 is 3.45. The quantitative estimate of drug-likeness (QED) is 0.759. The van der Waals surface area contributed by atoms with Crippen LogP contribution >= 0.6 is 15.9 Å². The Morgan fingerprint density at radius 1 is 1.11 bits per heavy atom. The summed E-state index contributed by atoms with van der Waals surface area (Å²) in [5.41, 5.74) is 8.07. The first kappa shape index (κ1) is 12.5. The molecular weight excluding hydrogens is 306 g/mol. The van der Waals surface area contributed by atoms with E-state index >= 15 is 0 Å². The van der Waals surface area contributed by atoms with Gasteiger partial charge in [0.2, 0.25) is 0 Å². The van der Waals surface area contributed by atoms with Gasteiger partial charge in [-0.05, 0) is 44.2 Å². The van der Waals surface area contributed by atoms with Gasteiger partial charge in [-0.3, -0.25) is 0 Å². The van der Waals surface area contributed by atoms with Gasteiger partial charge in [-0.25, -0.2) is 0 Å². The van der Waals surface area contributed by atoms with Gasteiger partial charge in [0.15, 0.2) is 0 Å². The Morgan fingerprint density at radius 2 is 1.89 bits per heavy atom. The maximum absolute atomic E-state index is 6.27. The van der Waals surface area contributed by atoms with Gasteiger partial charge in [0.05, 0.1) is 6.04 Å². The summed E-state index contributed by atoms with van der Waals surface area (Å²) < 4.78 is 12.4. The number of fused-ring (bicyclic) bond motifs is 1. The molecule has 1 aromatic carbocycles. The van der Waals surface area contributed by atoms with Gasteiger partial charge in [0, 0.05) is 15.4 Å². The first-order valence-corrected chi connectivity index (χ1v) is 6.85. The van der Waals surface area contributed by atoms with E-state index in [1.165, 1.54) is 0 Å². The summed E-state index contributed by atoms with van der Waals surface area (Å²) in [6, 6.07) is 9.54. The summed E-state index contributed by atoms with van der Waals surface area (Å²) in [4.78, 5) is 0. The molecule has 2 heterocycles. The molecule has 4 heteroatoms. The standard InChI is InChI=1S/C15H14BrNO2/c1-8-5-12(9(2)18-8)15(17)14-7-10-6-11(16)3-4-13(10)19-14/h3-7,15H,17H2,1-2H3. The average molecular weight is 320 g/mol. The van der Waals surface area contributed by atoms with Crippen LogP contribution in [-0.2, 0) is 0 Å². The highest BCUT2D eigenvalue weighted by Crippen LogP contribution is 2.30. The second kappa shape index (κ2) is 4.54. The summed E-state index contributed by atoms with van der Waals surface area (Å²) in [5.74, 6) is 2.45. The van der Waals surface area contributed by atoms with Crippen LogP contribution in [0, 0.1) is 13.8 Å². The van der Waals surface area contributed by atoms with Gasteiger partial charge in [-0.15, -0.1) is 0 Å². The van der Waals surface area contributed by atoms with Crippen molar-refractivity contribution in [2.75, 3.05) is 0 Å². The predicted molar refractivity (Wildman–Crippen MR) is 78.1 cm³/mol. The molecule has 0 bridgehead atoms. The van der Waals surface area contributed by atoms with Gasteiger partial charge in [0.25, 0.3) is 0 Å². The molecule has 1 atom stereocenters. The molecule has 19 heavy (non-hydrogen) atoms. The van der Waals surface area contributed by atoms with E-state index in [1.54, 1.807) is 0 Å². The van der Waals surface area contributed by atoms with Crippen molar-refractivity contribution in [2.24, 2.45) is 5.73 Å². The zero-order valence-electron chi connectivity index (χ0n) is 10.7. The zero-order valence-corrected chi connectivity index (χ0v) is 12.3. The first-order chi connectivity index (χ1) is 9.04. The molecule has 0 radical (unpaired) electrons. The predicted octanol–water partition coefficient (Wildman–Crippen LogP) is 4.45. The van der Waals surface area contributed by atoms with Gasteiger partial charge >= 0.3 is 0 Å². The van der Waals surface area contributed by atoms with Crippen LogP contribution in [-0.4, -0.2) is 0 Å². The van der Waals surface area contributed by atoms with Crippen molar-refractivity contribution >= 4 is 26.9 Å². The van der Waals surface area contributed by atoms with E-state index in [0.717, 1.165) is 38.3 Å². The number of nitrogens with two attached hydrogens (primary N) is 1. The Bertz CT molecular complexity index is 742. The van der Waals surface area contributed by atoms with Crippen molar-refractivity contribution in [2.45, 2.75) is 19.9 Å². The highest BCUT2D eigenvalue weighted by Gasteiger charge is 2.19. The molecule has 98 valence electrons. The molecule has 3 rings (SSSR count). The molecule has 0 aliphatic rings. The number of halogens is 1. The molecular formula is C15H14BrNO2. The third kappa shape index (κ3) is 2.22. The fourth-order valence-electron chi connectivity index (χ4n) is 2.30. The third-order valence-corrected chi connectivity index (χ3v) is 3.71. The summed E-state index contributed by atoms with van der Waals surface area (Å²) in [6.45, 7) is 3.83. The van der Waals surface area contributed by atoms with Gasteiger partial charge in [-0.2, -0.15) is 0 Å². The Labute approximate surface area is 119 Å². The maximum atomic E-state index is 6.27. The number of rotatable bonds is 2. The second-order valence-electron chi connectivity index (χ2n) is 4.68. The molecule has 3 nitrogen and oxygen atoms in total. The topological polar surface area (TPSA) is 52.3 Å². The van der Waals surface area contributed by atoms with Crippen LogP contribution in [0.4, 0.5) is 0 Å². The molecule has 2 N–H and O–H groups in total. The molecule has 2 aromatic heterocycles. The second-order valence-corrected chi connectivity index (χ2v) is 5.59. The van der Waals surface area contributed by atoms with Crippen LogP contribution in [0.2, 0.25) is 0 Å². The zero-order chi connectivity index (χ0) is 13.6. The van der Waals surface area contributed by atoms with E-state index < -0.39 is 0 Å². The van der Waals surface area contributed by atoms with Crippen LogP contribution < -0.4 is 5.73 Å². The number of benzene rings is 1. The minimum absolute atomic E-state index is 0.302. The van der Waals surface area contributed by atoms with Crippen molar-refractivity contribution in [3.63, 3.8) is 0 Å². The number of furan rings is 2. The van der Waals surface area contributed by atoms with Crippen LogP contribution in [0.3, 0.4) is 0 Å². The van der Waals surface area contributed by atoms with E-state index in [4.69, 9.17) is 14.6 Å². The Hall–Kier alpha value is -1.52. The lowest BCUT2D eigenvalue weighted by molar-refractivity contribution is 0.489. The first-order valence-electron chi connectivity index (χ1n) is 6.06. The van der Waals surface area contributed by atoms with E-state index in [9.17, 15) is 0 Å². The van der Waals surface area contributed by atoms with Crippen LogP contribution in [0.5, 0.6) is 0 Å². The normalized spacial score (nSPS) is 13.1. The molecule has 3 aromatic rings. The van der Waals surface area contributed by atoms with Crippen molar-refractivity contribution < 1.29 is 8.83 Å². The lowest BCUT2D eigenvalue weighted by Gasteiger charge is -2.06. The number of hydrogen-bond donors (Lipinski definition) is 1. The SMILES string of the molecule is Cc1cc(C(N)c2cc3cc(Br)ccc3o2)c(C)o1. The smallest absolute Gasteiger partial charge is 0.134 e. The van der Waals surface area contributed by atoms with Crippen LogP contribution in [0.15, 0.2) is 43.6 Å². The summed E-state index contributed by atoms with van der Waals surface area (Å²) in [6.07, 6.45) is 0. The Kier molecular flexibility index (Phi) is 2.99. The van der Waals surface area contributed by atoms with Crippen molar-refractivity contribution in [3.05, 3.63) is 57.6 Å². The molecule has 0 saturated carbocycles. The molecule has 0 aliphatic heterocycles. The number of hydrogen-bond acceptors (Lipinski definition) is 3. The van der Waals surface area contributed by atoms with E-state index in [0.29, 0.717) is 0 Å². The Balaban J connectivity index is 2.06. The minimum atomic E-state index is -0.302. The van der Waals surface area contributed by atoms with Crippen molar-refractivity contribution in [1.29, 1.82) is 0 Å². The van der Waals surface area contributed by atoms with E-state index in [1.807, 2.05) is 44.2 Å². The number of aryl methyl sites for hydroxylation is 2. The summed E-state index contributed by atoms with van der Waals surface area (Å²) in [7, 11) is 0. The Morgan fingerprint density at radius 3 is 2.58 bits per heavy atom. The molecule has 0 aliphatic carbocycles. The van der Waals surface area contributed by atoms with E-state index in [-0.39, 0.29) is 6.04 Å². The fraction of sp³-hybridized carbons (Fsp3) is 0.200. The minimum Gasteiger partial charge on any atom is -0.466 e. The van der Waals surface area contributed by atoms with Gasteiger partial charge in [0.1, 0.15) is 22.9 Å². The molecule has 1 unspecified atom stereocenters. The monoisotopic (exact) mass is 319 g/mol. The van der Waals surface area contributed by atoms with Crippen molar-refractivity contribution in [1.82, 2.24) is 0 Å². The fourth-order valence-corrected chi connectivity index (χ4v) is 2.68. The van der Waals surface area contributed by atoms with Gasteiger partial charge < -0.3 is 14.6 Å². The van der Waals surface area contributed by atoms with E-state index in [2.05, 4.69) is 15.9 Å². The van der Waals surface area contributed by atoms with Crippen molar-refractivity contribution in [3.8, 4) is 0 Å². The molecule has 0 saturated heterocycles. The third-order valence-electron chi connectivity index (χ3n) is 3.22.